The number of aryl methyl sites for hydroxylation is 1. The maximum atomic E-state index is 12.8. The minimum Gasteiger partial charge on any atom is -0.374 e. The van der Waals surface area contributed by atoms with Gasteiger partial charge in [0.1, 0.15) is 0 Å². The van der Waals surface area contributed by atoms with E-state index in [-0.39, 0.29) is 5.91 Å². The van der Waals surface area contributed by atoms with Gasteiger partial charge in [0.15, 0.2) is 4.32 Å². The molecule has 0 aromatic heterocycles. The van der Waals surface area contributed by atoms with Gasteiger partial charge in [0.25, 0.3) is 5.91 Å². The molecule has 2 aliphatic heterocycles. The number of amides is 1. The molecule has 0 radical (unpaired) electrons. The Hall–Kier alpha value is -1.08. The third kappa shape index (κ3) is 3.61. The van der Waals surface area contributed by atoms with Crippen LogP contribution in [0.1, 0.15) is 12.5 Å². The minimum absolute atomic E-state index is 0.0668. The highest BCUT2D eigenvalue weighted by atomic mass is 35.5. The van der Waals surface area contributed by atoms with Crippen molar-refractivity contribution in [3.05, 3.63) is 39.9 Å². The van der Waals surface area contributed by atoms with Gasteiger partial charge in [-0.25, -0.2) is 0 Å². The van der Waals surface area contributed by atoms with Crippen molar-refractivity contribution in [2.24, 2.45) is 0 Å². The number of benzene rings is 1. The molecular weight excluding hydrogens is 362 g/mol. The zero-order chi connectivity index (χ0) is 17.3. The van der Waals surface area contributed by atoms with Gasteiger partial charge in [-0.1, -0.05) is 48.6 Å². The molecule has 0 unspecified atom stereocenters. The van der Waals surface area contributed by atoms with Gasteiger partial charge in [0.2, 0.25) is 0 Å². The summed E-state index contributed by atoms with van der Waals surface area (Å²) in [5.74, 6) is -0.0668. The van der Waals surface area contributed by atoms with Crippen molar-refractivity contribution in [3.63, 3.8) is 0 Å². The Balaban J connectivity index is 1.76. The van der Waals surface area contributed by atoms with Crippen LogP contribution in [0.5, 0.6) is 0 Å². The van der Waals surface area contributed by atoms with Gasteiger partial charge in [-0.3, -0.25) is 9.69 Å². The molecule has 4 nitrogen and oxygen atoms in total. The highest BCUT2D eigenvalue weighted by Crippen LogP contribution is 2.36. The average Bonchev–Trinajstić information content (AvgIpc) is 2.85. The van der Waals surface area contributed by atoms with Crippen LogP contribution in [0.25, 0.3) is 0 Å². The smallest absolute Gasteiger partial charge is 0.272 e. The Labute approximate surface area is 157 Å². The van der Waals surface area contributed by atoms with Crippen LogP contribution in [0.15, 0.2) is 29.3 Å². The number of thiocarbonyl (C=S) groups is 1. The molecule has 2 aliphatic rings. The van der Waals surface area contributed by atoms with Crippen molar-refractivity contribution < 1.29 is 4.79 Å². The second-order valence-corrected chi connectivity index (χ2v) is 7.99. The summed E-state index contributed by atoms with van der Waals surface area (Å²) in [5.41, 5.74) is 1.71. The highest BCUT2D eigenvalue weighted by Gasteiger charge is 2.34. The van der Waals surface area contributed by atoms with Gasteiger partial charge in [-0.05, 0) is 31.2 Å². The SMILES string of the molecule is CCN1CCN(/C=C2\SC(=S)N(c3ccc(C)c(Cl)c3)C2=O)CC1. The van der Waals surface area contributed by atoms with E-state index in [1.165, 1.54) is 11.8 Å². The largest absolute Gasteiger partial charge is 0.374 e. The fourth-order valence-corrected chi connectivity index (χ4v) is 4.26. The first kappa shape index (κ1) is 17.7. The number of hydrogen-bond donors (Lipinski definition) is 0. The Morgan fingerprint density at radius 2 is 2.00 bits per heavy atom. The Kier molecular flexibility index (Phi) is 5.49. The predicted molar refractivity (Wildman–Crippen MR) is 106 cm³/mol. The lowest BCUT2D eigenvalue weighted by molar-refractivity contribution is -0.113. The van der Waals surface area contributed by atoms with Crippen LogP contribution in [0.4, 0.5) is 5.69 Å². The number of halogens is 1. The van der Waals surface area contributed by atoms with Crippen LogP contribution in [0.3, 0.4) is 0 Å². The molecule has 2 saturated heterocycles. The number of hydrogen-bond acceptors (Lipinski definition) is 5. The molecule has 1 aromatic carbocycles. The summed E-state index contributed by atoms with van der Waals surface area (Å²) in [7, 11) is 0. The van der Waals surface area contributed by atoms with E-state index in [2.05, 4.69) is 16.7 Å². The number of likely N-dealkylation sites (N-methyl/N-ethyl adjacent to an activating group) is 1. The van der Waals surface area contributed by atoms with Crippen molar-refractivity contribution in [2.45, 2.75) is 13.8 Å². The molecule has 0 spiro atoms. The molecule has 1 amide bonds. The predicted octanol–water partition coefficient (Wildman–Crippen LogP) is 3.49. The molecule has 1 aromatic rings. The molecule has 0 N–H and O–H groups in total. The summed E-state index contributed by atoms with van der Waals surface area (Å²) < 4.78 is 0.554. The van der Waals surface area contributed by atoms with E-state index in [4.69, 9.17) is 23.8 Å². The number of piperazine rings is 1. The van der Waals surface area contributed by atoms with Crippen LogP contribution in [-0.2, 0) is 4.79 Å². The number of thioether (sulfide) groups is 1. The molecule has 2 fully saturated rings. The van der Waals surface area contributed by atoms with Crippen molar-refractivity contribution in [2.75, 3.05) is 37.6 Å². The lowest BCUT2D eigenvalue weighted by atomic mass is 10.2. The second kappa shape index (κ2) is 7.44. The Morgan fingerprint density at radius 1 is 1.29 bits per heavy atom. The van der Waals surface area contributed by atoms with E-state index in [1.54, 1.807) is 11.0 Å². The molecule has 7 heteroatoms. The van der Waals surface area contributed by atoms with E-state index in [9.17, 15) is 4.79 Å². The van der Waals surface area contributed by atoms with Crippen LogP contribution in [0, 0.1) is 6.92 Å². The zero-order valence-electron chi connectivity index (χ0n) is 13.8. The summed E-state index contributed by atoms with van der Waals surface area (Å²) in [6.07, 6.45) is 1.96. The third-order valence-electron chi connectivity index (χ3n) is 4.36. The van der Waals surface area contributed by atoms with E-state index in [1.807, 2.05) is 25.3 Å². The summed E-state index contributed by atoms with van der Waals surface area (Å²) in [6, 6.07) is 5.59. The number of nitrogens with zero attached hydrogens (tertiary/aromatic N) is 3. The zero-order valence-corrected chi connectivity index (χ0v) is 16.2. The molecule has 2 heterocycles. The summed E-state index contributed by atoms with van der Waals surface area (Å²) in [5, 5.41) is 0.640. The Morgan fingerprint density at radius 3 is 2.62 bits per heavy atom. The number of carbonyl (C=O) groups excluding carboxylic acids is 1. The standard InChI is InChI=1S/C17H20ClN3OS2/c1-3-19-6-8-20(9-7-19)11-15-16(22)21(17(23)24-15)13-5-4-12(2)14(18)10-13/h4-5,10-11H,3,6-9H2,1-2H3/b15-11-. The highest BCUT2D eigenvalue weighted by molar-refractivity contribution is 8.27. The third-order valence-corrected chi connectivity index (χ3v) is 6.06. The number of anilines is 1. The van der Waals surface area contributed by atoms with Gasteiger partial charge in [-0.2, -0.15) is 0 Å². The van der Waals surface area contributed by atoms with Crippen molar-refractivity contribution in [1.29, 1.82) is 0 Å². The maximum absolute atomic E-state index is 12.8. The summed E-state index contributed by atoms with van der Waals surface area (Å²) in [4.78, 5) is 19.6. The summed E-state index contributed by atoms with van der Waals surface area (Å²) >= 11 is 13.0. The average molecular weight is 382 g/mol. The van der Waals surface area contributed by atoms with Gasteiger partial charge >= 0.3 is 0 Å². The first-order valence-corrected chi connectivity index (χ1v) is 9.60. The fraction of sp³-hybridized carbons (Fsp3) is 0.412. The number of carbonyl (C=O) groups is 1. The molecular formula is C17H20ClN3OS2. The topological polar surface area (TPSA) is 26.8 Å². The molecule has 0 aliphatic carbocycles. The summed E-state index contributed by atoms with van der Waals surface area (Å²) in [6.45, 7) is 9.12. The Bertz CT molecular complexity index is 699. The van der Waals surface area contributed by atoms with Gasteiger partial charge in [-0.15, -0.1) is 0 Å². The lowest BCUT2D eigenvalue weighted by Gasteiger charge is -2.33. The minimum atomic E-state index is -0.0668. The van der Waals surface area contributed by atoms with Gasteiger partial charge in [0, 0.05) is 37.4 Å². The van der Waals surface area contributed by atoms with Crippen LogP contribution in [-0.4, -0.2) is 52.8 Å². The monoisotopic (exact) mass is 381 g/mol. The quantitative estimate of drug-likeness (QED) is 0.590. The van der Waals surface area contributed by atoms with Crippen molar-refractivity contribution in [1.82, 2.24) is 9.80 Å². The van der Waals surface area contributed by atoms with E-state index in [0.717, 1.165) is 44.0 Å². The van der Waals surface area contributed by atoms with E-state index < -0.39 is 0 Å². The van der Waals surface area contributed by atoms with E-state index in [0.29, 0.717) is 14.2 Å². The fourth-order valence-electron chi connectivity index (χ4n) is 2.78. The van der Waals surface area contributed by atoms with Crippen LogP contribution >= 0.6 is 35.6 Å². The van der Waals surface area contributed by atoms with Crippen LogP contribution < -0.4 is 4.90 Å². The molecule has 0 saturated carbocycles. The molecule has 128 valence electrons. The normalized spacial score (nSPS) is 21.2. The maximum Gasteiger partial charge on any atom is 0.272 e. The first-order valence-electron chi connectivity index (χ1n) is 8.00. The molecule has 0 atom stereocenters. The van der Waals surface area contributed by atoms with Gasteiger partial charge in [0.05, 0.1) is 10.6 Å². The van der Waals surface area contributed by atoms with E-state index >= 15 is 0 Å². The van der Waals surface area contributed by atoms with Crippen molar-refractivity contribution in [3.8, 4) is 0 Å². The second-order valence-electron chi connectivity index (χ2n) is 5.91. The molecule has 0 bridgehead atoms. The molecule has 24 heavy (non-hydrogen) atoms. The van der Waals surface area contributed by atoms with Crippen LogP contribution in [0.2, 0.25) is 5.02 Å². The number of rotatable bonds is 3. The first-order chi connectivity index (χ1) is 11.5. The van der Waals surface area contributed by atoms with Gasteiger partial charge < -0.3 is 9.80 Å². The van der Waals surface area contributed by atoms with Crippen molar-refractivity contribution >= 4 is 51.5 Å². The lowest BCUT2D eigenvalue weighted by Crippen LogP contribution is -2.44. The molecule has 3 rings (SSSR count).